The minimum atomic E-state index is 0.671. The van der Waals surface area contributed by atoms with Crippen molar-refractivity contribution in [3.05, 3.63) is 22.7 Å². The average molecular weight is 354 g/mol. The predicted molar refractivity (Wildman–Crippen MR) is 85.7 cm³/mol. The third-order valence-corrected chi connectivity index (χ3v) is 3.81. The molecule has 1 heterocycles. The third-order valence-electron chi connectivity index (χ3n) is 3.09. The van der Waals surface area contributed by atoms with E-state index < -0.39 is 0 Å². The van der Waals surface area contributed by atoms with Crippen LogP contribution in [0.15, 0.2) is 22.7 Å². The van der Waals surface area contributed by atoms with Crippen LogP contribution in [-0.4, -0.2) is 33.4 Å². The van der Waals surface area contributed by atoms with Crippen molar-refractivity contribution in [1.29, 1.82) is 0 Å². The quantitative estimate of drug-likeness (QED) is 0.583. The molecule has 21 heavy (non-hydrogen) atoms. The van der Waals surface area contributed by atoms with Gasteiger partial charge in [0.2, 0.25) is 0 Å². The van der Waals surface area contributed by atoms with Crippen molar-refractivity contribution in [3.63, 3.8) is 0 Å². The third kappa shape index (κ3) is 4.50. The number of hydrogen-bond donors (Lipinski definition) is 1. The molecule has 0 fully saturated rings. The van der Waals surface area contributed by atoms with E-state index in [2.05, 4.69) is 38.4 Å². The van der Waals surface area contributed by atoms with Crippen LogP contribution < -0.4 is 5.73 Å². The molecular weight excluding hydrogens is 334 g/mol. The van der Waals surface area contributed by atoms with Gasteiger partial charge in [-0.3, -0.25) is 0 Å². The van der Waals surface area contributed by atoms with E-state index >= 15 is 0 Å². The van der Waals surface area contributed by atoms with E-state index in [1.54, 1.807) is 4.68 Å². The molecule has 0 unspecified atom stereocenters. The SMILES string of the molecule is CCCCOCCCn1nnnc1-c1ccc(Br)c(N)c1. The van der Waals surface area contributed by atoms with Gasteiger partial charge in [-0.2, -0.15) is 0 Å². The summed E-state index contributed by atoms with van der Waals surface area (Å²) in [6.45, 7) is 4.43. The predicted octanol–water partition coefficient (Wildman–Crippen LogP) is 2.89. The fraction of sp³-hybridized carbons (Fsp3) is 0.500. The maximum atomic E-state index is 5.90. The minimum absolute atomic E-state index is 0.671. The number of aromatic nitrogens is 4. The van der Waals surface area contributed by atoms with Gasteiger partial charge in [0.25, 0.3) is 0 Å². The average Bonchev–Trinajstić information content (AvgIpc) is 2.94. The largest absolute Gasteiger partial charge is 0.398 e. The molecule has 0 spiro atoms. The molecule has 7 heteroatoms. The summed E-state index contributed by atoms with van der Waals surface area (Å²) >= 11 is 3.38. The van der Waals surface area contributed by atoms with Crippen molar-refractivity contribution < 1.29 is 4.74 Å². The van der Waals surface area contributed by atoms with Crippen LogP contribution in [-0.2, 0) is 11.3 Å². The normalized spacial score (nSPS) is 11.0. The molecule has 0 aliphatic rings. The van der Waals surface area contributed by atoms with Crippen molar-refractivity contribution >= 4 is 21.6 Å². The van der Waals surface area contributed by atoms with Crippen LogP contribution in [0.1, 0.15) is 26.2 Å². The van der Waals surface area contributed by atoms with Gasteiger partial charge in [0.1, 0.15) is 0 Å². The number of ether oxygens (including phenoxy) is 1. The Kier molecular flexibility index (Phi) is 6.13. The Morgan fingerprint density at radius 3 is 2.86 bits per heavy atom. The summed E-state index contributed by atoms with van der Waals surface area (Å²) < 4.78 is 8.20. The highest BCUT2D eigenvalue weighted by molar-refractivity contribution is 9.10. The molecule has 2 N–H and O–H groups in total. The Bertz CT molecular complexity index is 572. The summed E-state index contributed by atoms with van der Waals surface area (Å²) in [6.07, 6.45) is 3.14. The second kappa shape index (κ2) is 8.09. The van der Waals surface area contributed by atoms with Crippen LogP contribution in [0.25, 0.3) is 11.4 Å². The highest BCUT2D eigenvalue weighted by atomic mass is 79.9. The van der Waals surface area contributed by atoms with Crippen LogP contribution in [0.5, 0.6) is 0 Å². The van der Waals surface area contributed by atoms with Gasteiger partial charge in [-0.25, -0.2) is 4.68 Å². The van der Waals surface area contributed by atoms with E-state index in [1.807, 2.05) is 18.2 Å². The smallest absolute Gasteiger partial charge is 0.182 e. The zero-order valence-electron chi connectivity index (χ0n) is 12.1. The lowest BCUT2D eigenvalue weighted by molar-refractivity contribution is 0.125. The molecular formula is C14H20BrN5O. The van der Waals surface area contributed by atoms with Gasteiger partial charge >= 0.3 is 0 Å². The summed E-state index contributed by atoms with van der Waals surface area (Å²) in [5, 5.41) is 11.9. The number of tetrazole rings is 1. The molecule has 1 aromatic carbocycles. The fourth-order valence-electron chi connectivity index (χ4n) is 1.91. The number of unbranched alkanes of at least 4 members (excludes halogenated alkanes) is 1. The van der Waals surface area contributed by atoms with Crippen molar-refractivity contribution in [2.45, 2.75) is 32.7 Å². The molecule has 0 aliphatic carbocycles. The van der Waals surface area contributed by atoms with Crippen LogP contribution in [0, 0.1) is 0 Å². The topological polar surface area (TPSA) is 78.8 Å². The van der Waals surface area contributed by atoms with Crippen molar-refractivity contribution in [1.82, 2.24) is 20.2 Å². The molecule has 0 saturated heterocycles. The van der Waals surface area contributed by atoms with Gasteiger partial charge in [-0.15, -0.1) is 5.10 Å². The number of nitrogen functional groups attached to an aromatic ring is 1. The number of nitrogens with two attached hydrogens (primary N) is 1. The van der Waals surface area contributed by atoms with Gasteiger partial charge in [0.05, 0.1) is 0 Å². The minimum Gasteiger partial charge on any atom is -0.398 e. The first kappa shape index (κ1) is 15.9. The van der Waals surface area contributed by atoms with Crippen LogP contribution in [0.4, 0.5) is 5.69 Å². The Hall–Kier alpha value is -1.47. The van der Waals surface area contributed by atoms with E-state index in [0.717, 1.165) is 54.9 Å². The van der Waals surface area contributed by atoms with Gasteiger partial charge in [-0.05, 0) is 57.4 Å². The molecule has 1 aromatic heterocycles. The van der Waals surface area contributed by atoms with Gasteiger partial charge in [-0.1, -0.05) is 13.3 Å². The second-order valence-corrected chi connectivity index (χ2v) is 5.64. The number of benzene rings is 1. The Balaban J connectivity index is 1.93. The molecule has 0 radical (unpaired) electrons. The molecule has 0 amide bonds. The van der Waals surface area contributed by atoms with Gasteiger partial charge < -0.3 is 10.5 Å². The number of anilines is 1. The Morgan fingerprint density at radius 1 is 1.29 bits per heavy atom. The standard InChI is InChI=1S/C14H20BrN5O/c1-2-3-8-21-9-4-7-20-14(17-18-19-20)11-5-6-12(15)13(16)10-11/h5-6,10H,2-4,7-9,16H2,1H3. The van der Waals surface area contributed by atoms with Crippen molar-refractivity contribution in [2.24, 2.45) is 0 Å². The highest BCUT2D eigenvalue weighted by Crippen LogP contribution is 2.25. The lowest BCUT2D eigenvalue weighted by Crippen LogP contribution is -2.07. The van der Waals surface area contributed by atoms with Crippen molar-refractivity contribution in [3.8, 4) is 11.4 Å². The Labute approximate surface area is 132 Å². The van der Waals surface area contributed by atoms with E-state index in [4.69, 9.17) is 10.5 Å². The maximum Gasteiger partial charge on any atom is 0.182 e. The maximum absolute atomic E-state index is 5.90. The van der Waals surface area contributed by atoms with Crippen LogP contribution in [0.2, 0.25) is 0 Å². The number of aryl methyl sites for hydroxylation is 1. The number of nitrogens with zero attached hydrogens (tertiary/aromatic N) is 4. The van der Waals surface area contributed by atoms with Crippen LogP contribution >= 0.6 is 15.9 Å². The van der Waals surface area contributed by atoms with Gasteiger partial charge in [0, 0.05) is 35.5 Å². The highest BCUT2D eigenvalue weighted by Gasteiger charge is 2.09. The fourth-order valence-corrected chi connectivity index (χ4v) is 2.16. The van der Waals surface area contributed by atoms with Crippen LogP contribution in [0.3, 0.4) is 0 Å². The lowest BCUT2D eigenvalue weighted by Gasteiger charge is -2.07. The van der Waals surface area contributed by atoms with E-state index in [-0.39, 0.29) is 0 Å². The van der Waals surface area contributed by atoms with E-state index in [0.29, 0.717) is 5.69 Å². The Morgan fingerprint density at radius 2 is 2.10 bits per heavy atom. The molecule has 2 rings (SSSR count). The molecule has 114 valence electrons. The number of rotatable bonds is 8. The molecule has 2 aromatic rings. The monoisotopic (exact) mass is 353 g/mol. The first-order chi connectivity index (χ1) is 10.2. The van der Waals surface area contributed by atoms with Gasteiger partial charge in [0.15, 0.2) is 5.82 Å². The first-order valence-corrected chi connectivity index (χ1v) is 7.91. The van der Waals surface area contributed by atoms with E-state index in [1.165, 1.54) is 0 Å². The number of hydrogen-bond acceptors (Lipinski definition) is 5. The first-order valence-electron chi connectivity index (χ1n) is 7.11. The molecule has 0 atom stereocenters. The van der Waals surface area contributed by atoms with E-state index in [9.17, 15) is 0 Å². The zero-order chi connectivity index (χ0) is 15.1. The second-order valence-electron chi connectivity index (χ2n) is 4.78. The molecule has 0 bridgehead atoms. The lowest BCUT2D eigenvalue weighted by atomic mass is 10.2. The summed E-state index contributed by atoms with van der Waals surface area (Å²) in [4.78, 5) is 0. The molecule has 0 saturated carbocycles. The summed E-state index contributed by atoms with van der Waals surface area (Å²) in [7, 11) is 0. The molecule has 6 nitrogen and oxygen atoms in total. The number of halogens is 1. The summed E-state index contributed by atoms with van der Waals surface area (Å²) in [5.74, 6) is 0.725. The van der Waals surface area contributed by atoms with Crippen molar-refractivity contribution in [2.75, 3.05) is 18.9 Å². The zero-order valence-corrected chi connectivity index (χ0v) is 13.7. The summed E-state index contributed by atoms with van der Waals surface area (Å²) in [5.41, 5.74) is 7.48. The summed E-state index contributed by atoms with van der Waals surface area (Å²) in [6, 6.07) is 5.71. The molecule has 0 aliphatic heterocycles.